The predicted octanol–water partition coefficient (Wildman–Crippen LogP) is 6.21. The highest BCUT2D eigenvalue weighted by Crippen LogP contribution is 2.43. The maximum atomic E-state index is 11.3. The standard InChI is InChI=1S/C29H33N3O6P2/c33-39(34,35)18-7-5-12-22-20-10-1-3-14-24(20)31-28(22)26-16-9-17-27(30-26)29-23(13-6-8-19-40(36,37)38)21-11-2-4-15-25(21)32-29/h1-4,9-11,14-17,22-23H,5-8,12-13,18-19H2,(H2,33,34,35)(H2,36,37,38). The van der Waals surface area contributed by atoms with Crippen molar-refractivity contribution in [3.8, 4) is 0 Å². The third-order valence-electron chi connectivity index (χ3n) is 7.42. The first-order valence-corrected chi connectivity index (χ1v) is 17.1. The van der Waals surface area contributed by atoms with E-state index in [2.05, 4.69) is 12.1 Å². The normalized spacial score (nSPS) is 18.3. The van der Waals surface area contributed by atoms with Crippen LogP contribution in [-0.2, 0) is 9.13 Å². The molecule has 0 amide bonds. The lowest BCUT2D eigenvalue weighted by atomic mass is 9.88. The van der Waals surface area contributed by atoms with Gasteiger partial charge in [-0.1, -0.05) is 55.3 Å². The van der Waals surface area contributed by atoms with Gasteiger partial charge in [-0.2, -0.15) is 0 Å². The average Bonchev–Trinajstić information content (AvgIpc) is 3.47. The molecule has 2 aliphatic rings. The van der Waals surface area contributed by atoms with Crippen LogP contribution in [0, 0.1) is 0 Å². The summed E-state index contributed by atoms with van der Waals surface area (Å²) in [5.41, 5.74) is 7.13. The molecule has 0 fully saturated rings. The molecule has 5 rings (SSSR count). The van der Waals surface area contributed by atoms with Gasteiger partial charge in [0.05, 0.1) is 34.2 Å². The molecule has 0 saturated heterocycles. The van der Waals surface area contributed by atoms with Gasteiger partial charge in [-0.25, -0.2) is 4.98 Å². The summed E-state index contributed by atoms with van der Waals surface area (Å²) < 4.78 is 22.6. The highest BCUT2D eigenvalue weighted by molar-refractivity contribution is 7.52. The van der Waals surface area contributed by atoms with Gasteiger partial charge in [-0.05, 0) is 61.1 Å². The van der Waals surface area contributed by atoms with Crippen LogP contribution in [0.25, 0.3) is 0 Å². The number of hydrogen-bond donors (Lipinski definition) is 4. The topological polar surface area (TPSA) is 153 Å². The predicted molar refractivity (Wildman–Crippen MR) is 157 cm³/mol. The minimum Gasteiger partial charge on any atom is -0.324 e. The molecule has 2 aliphatic heterocycles. The molecule has 1 aromatic heterocycles. The van der Waals surface area contributed by atoms with Gasteiger partial charge in [-0.15, -0.1) is 0 Å². The monoisotopic (exact) mass is 581 g/mol. The summed E-state index contributed by atoms with van der Waals surface area (Å²) in [5, 5.41) is 0. The average molecular weight is 582 g/mol. The Bertz CT molecular complexity index is 1430. The van der Waals surface area contributed by atoms with Crippen LogP contribution in [0.15, 0.2) is 76.7 Å². The molecular formula is C29H33N3O6P2. The Labute approximate surface area is 233 Å². The van der Waals surface area contributed by atoms with E-state index in [1.165, 1.54) is 0 Å². The molecule has 0 spiro atoms. The first kappa shape index (κ1) is 28.7. The second kappa shape index (κ2) is 12.0. The maximum Gasteiger partial charge on any atom is 0.325 e. The molecule has 0 bridgehead atoms. The minimum absolute atomic E-state index is 0.0260. The minimum atomic E-state index is -4.03. The Morgan fingerprint density at radius 2 is 1.00 bits per heavy atom. The van der Waals surface area contributed by atoms with E-state index in [1.807, 2.05) is 54.6 Å². The van der Waals surface area contributed by atoms with E-state index >= 15 is 0 Å². The molecule has 0 saturated carbocycles. The van der Waals surface area contributed by atoms with Crippen molar-refractivity contribution < 1.29 is 28.7 Å². The lowest BCUT2D eigenvalue weighted by Crippen LogP contribution is -2.16. The number of aromatic nitrogens is 1. The number of nitrogens with zero attached hydrogens (tertiary/aromatic N) is 3. The van der Waals surface area contributed by atoms with E-state index in [9.17, 15) is 28.7 Å². The van der Waals surface area contributed by atoms with Gasteiger partial charge in [0.2, 0.25) is 0 Å². The molecule has 210 valence electrons. The summed E-state index contributed by atoms with van der Waals surface area (Å²) >= 11 is 0. The summed E-state index contributed by atoms with van der Waals surface area (Å²) in [4.78, 5) is 51.9. The molecule has 40 heavy (non-hydrogen) atoms. The quantitative estimate of drug-likeness (QED) is 0.146. The van der Waals surface area contributed by atoms with Crippen molar-refractivity contribution in [2.45, 2.75) is 50.4 Å². The molecule has 0 radical (unpaired) electrons. The lowest BCUT2D eigenvalue weighted by molar-refractivity contribution is 0.368. The zero-order valence-corrected chi connectivity index (χ0v) is 23.8. The molecule has 2 atom stereocenters. The highest BCUT2D eigenvalue weighted by atomic mass is 31.2. The lowest BCUT2D eigenvalue weighted by Gasteiger charge is -2.17. The van der Waals surface area contributed by atoms with E-state index in [-0.39, 0.29) is 24.2 Å². The first-order valence-electron chi connectivity index (χ1n) is 13.5. The fraction of sp³-hybridized carbons (Fsp3) is 0.345. The van der Waals surface area contributed by atoms with Crippen molar-refractivity contribution in [1.82, 2.24) is 4.98 Å². The number of para-hydroxylation sites is 2. The SMILES string of the molecule is O=P(O)(O)CCCCC1C(c2cccc(C3=Nc4ccccc4C3CCCCP(=O)(O)O)n2)=Nc2ccccc21. The fourth-order valence-electron chi connectivity index (χ4n) is 5.59. The van der Waals surface area contributed by atoms with Gasteiger partial charge in [-0.3, -0.25) is 19.1 Å². The Morgan fingerprint density at radius 1 is 0.575 bits per heavy atom. The molecule has 2 aromatic carbocycles. The van der Waals surface area contributed by atoms with Crippen molar-refractivity contribution in [2.75, 3.05) is 12.3 Å². The summed E-state index contributed by atoms with van der Waals surface area (Å²) in [5.74, 6) is -0.0521. The van der Waals surface area contributed by atoms with Crippen LogP contribution in [0.5, 0.6) is 0 Å². The Kier molecular flexibility index (Phi) is 8.62. The molecule has 2 unspecified atom stereocenters. The van der Waals surface area contributed by atoms with Gasteiger partial charge < -0.3 is 19.6 Å². The number of aliphatic imine (C=N–C) groups is 2. The number of hydrogen-bond acceptors (Lipinski definition) is 5. The van der Waals surface area contributed by atoms with Crippen LogP contribution in [0.3, 0.4) is 0 Å². The number of rotatable bonds is 12. The van der Waals surface area contributed by atoms with Gasteiger partial charge in [0.1, 0.15) is 0 Å². The van der Waals surface area contributed by atoms with Gasteiger partial charge in [0.15, 0.2) is 0 Å². The second-order valence-corrected chi connectivity index (χ2v) is 13.9. The largest absolute Gasteiger partial charge is 0.325 e. The van der Waals surface area contributed by atoms with Crippen LogP contribution < -0.4 is 0 Å². The summed E-state index contributed by atoms with van der Waals surface area (Å²) in [6.45, 7) is 0. The van der Waals surface area contributed by atoms with Crippen molar-refractivity contribution in [1.29, 1.82) is 0 Å². The fourth-order valence-corrected chi connectivity index (χ4v) is 6.86. The van der Waals surface area contributed by atoms with E-state index in [0.717, 1.165) is 45.3 Å². The van der Waals surface area contributed by atoms with Gasteiger partial charge in [0, 0.05) is 24.2 Å². The summed E-state index contributed by atoms with van der Waals surface area (Å²) in [7, 11) is -8.06. The van der Waals surface area contributed by atoms with Crippen molar-refractivity contribution in [3.63, 3.8) is 0 Å². The first-order chi connectivity index (χ1) is 19.1. The number of pyridine rings is 1. The Morgan fingerprint density at radius 3 is 1.43 bits per heavy atom. The van der Waals surface area contributed by atoms with Crippen molar-refractivity contribution in [3.05, 3.63) is 89.2 Å². The third-order valence-corrected chi connectivity index (χ3v) is 9.22. The zero-order chi connectivity index (χ0) is 28.3. The van der Waals surface area contributed by atoms with Crippen molar-refractivity contribution in [2.24, 2.45) is 9.98 Å². The molecular weight excluding hydrogens is 548 g/mol. The highest BCUT2D eigenvalue weighted by Gasteiger charge is 2.32. The number of fused-ring (bicyclic) bond motifs is 2. The second-order valence-electron chi connectivity index (χ2n) is 10.4. The zero-order valence-electron chi connectivity index (χ0n) is 22.0. The molecule has 0 aliphatic carbocycles. The summed E-state index contributed by atoms with van der Waals surface area (Å²) in [6.07, 6.45) is 3.33. The van der Waals surface area contributed by atoms with Crippen LogP contribution >= 0.6 is 15.2 Å². The molecule has 9 nitrogen and oxygen atoms in total. The van der Waals surface area contributed by atoms with E-state index in [1.54, 1.807) is 0 Å². The van der Waals surface area contributed by atoms with E-state index in [0.29, 0.717) is 38.5 Å². The van der Waals surface area contributed by atoms with E-state index < -0.39 is 15.2 Å². The van der Waals surface area contributed by atoms with Gasteiger partial charge in [0.25, 0.3) is 0 Å². The van der Waals surface area contributed by atoms with E-state index in [4.69, 9.17) is 15.0 Å². The Balaban J connectivity index is 1.40. The van der Waals surface area contributed by atoms with Gasteiger partial charge >= 0.3 is 15.2 Å². The van der Waals surface area contributed by atoms with Crippen LogP contribution in [-0.4, -0.2) is 48.3 Å². The maximum absolute atomic E-state index is 11.3. The summed E-state index contributed by atoms with van der Waals surface area (Å²) in [6, 6.07) is 21.7. The number of benzene rings is 2. The van der Waals surface area contributed by atoms with Crippen LogP contribution in [0.2, 0.25) is 0 Å². The van der Waals surface area contributed by atoms with Crippen LogP contribution in [0.4, 0.5) is 11.4 Å². The molecule has 11 heteroatoms. The molecule has 4 N–H and O–H groups in total. The smallest absolute Gasteiger partial charge is 0.324 e. The Hall–Kier alpha value is -2.77. The number of unbranched alkanes of at least 4 members (excludes halogenated alkanes) is 2. The third kappa shape index (κ3) is 6.92. The molecule has 3 aromatic rings. The van der Waals surface area contributed by atoms with Crippen LogP contribution in [0.1, 0.15) is 72.9 Å². The van der Waals surface area contributed by atoms with Crippen molar-refractivity contribution >= 4 is 38.0 Å². The molecule has 3 heterocycles.